The molecule has 0 atom stereocenters. The molecule has 2 nitrogen and oxygen atoms in total. The number of benzene rings is 1. The van der Waals surface area contributed by atoms with Gasteiger partial charge >= 0.3 is 5.97 Å². The normalized spacial score (nSPS) is 10.2. The third-order valence-electron chi connectivity index (χ3n) is 2.29. The van der Waals surface area contributed by atoms with Crippen LogP contribution in [0.15, 0.2) is 16.6 Å². The van der Waals surface area contributed by atoms with E-state index in [9.17, 15) is 4.79 Å². The monoisotopic (exact) mass is 348 g/mol. The molecular weight excluding hydrogens is 336 g/mol. The minimum atomic E-state index is -0.177. The molecule has 0 unspecified atom stereocenters. The Hall–Kier alpha value is -0.350. The van der Waals surface area contributed by atoms with Crippen LogP contribution in [0.1, 0.15) is 23.6 Å². The second-order valence-electron chi connectivity index (χ2n) is 3.49. The van der Waals surface area contributed by atoms with Gasteiger partial charge in [0.2, 0.25) is 0 Å². The molecule has 0 heterocycles. The van der Waals surface area contributed by atoms with Gasteiger partial charge < -0.3 is 4.74 Å². The molecule has 0 aliphatic heterocycles. The fourth-order valence-corrected chi connectivity index (χ4v) is 2.81. The van der Waals surface area contributed by atoms with E-state index in [0.717, 1.165) is 20.9 Å². The fraction of sp³-hybridized carbons (Fsp3) is 0.417. The molecule has 0 aliphatic carbocycles. The average molecular weight is 350 g/mol. The van der Waals surface area contributed by atoms with Gasteiger partial charge in [0.15, 0.2) is 0 Å². The Kier molecular flexibility index (Phi) is 5.49. The predicted molar refractivity (Wildman–Crippen MR) is 71.8 cm³/mol. The first-order valence-corrected chi connectivity index (χ1v) is 6.99. The summed E-state index contributed by atoms with van der Waals surface area (Å²) in [6.45, 7) is 4.25. The van der Waals surface area contributed by atoms with Crippen molar-refractivity contribution in [3.8, 4) is 0 Å². The van der Waals surface area contributed by atoms with Gasteiger partial charge in [-0.3, -0.25) is 4.79 Å². The van der Waals surface area contributed by atoms with Crippen LogP contribution in [-0.4, -0.2) is 12.6 Å². The number of carbonyl (C=O) groups is 1. The predicted octanol–water partition coefficient (Wildman–Crippen LogP) is 3.76. The van der Waals surface area contributed by atoms with E-state index in [1.165, 1.54) is 5.56 Å². The second kappa shape index (κ2) is 6.40. The summed E-state index contributed by atoms with van der Waals surface area (Å²) in [5, 5.41) is 0.800. The summed E-state index contributed by atoms with van der Waals surface area (Å²) in [4.78, 5) is 11.4. The molecule has 0 saturated carbocycles. The largest absolute Gasteiger partial charge is 0.466 e. The van der Waals surface area contributed by atoms with Crippen LogP contribution < -0.4 is 0 Å². The van der Waals surface area contributed by atoms with Crippen molar-refractivity contribution in [2.45, 2.75) is 25.6 Å². The van der Waals surface area contributed by atoms with E-state index in [1.807, 2.05) is 19.9 Å². The van der Waals surface area contributed by atoms with Gasteiger partial charge in [-0.25, -0.2) is 0 Å². The lowest BCUT2D eigenvalue weighted by Crippen LogP contribution is -2.08. The van der Waals surface area contributed by atoms with E-state index in [2.05, 4.69) is 37.9 Å². The van der Waals surface area contributed by atoms with Crippen molar-refractivity contribution in [1.82, 2.24) is 0 Å². The Balaban J connectivity index is 2.89. The van der Waals surface area contributed by atoms with Gasteiger partial charge in [-0.2, -0.15) is 0 Å². The molecule has 0 fully saturated rings. The average Bonchev–Trinajstić information content (AvgIpc) is 2.23. The van der Waals surface area contributed by atoms with Crippen molar-refractivity contribution in [1.29, 1.82) is 0 Å². The van der Waals surface area contributed by atoms with Crippen molar-refractivity contribution in [2.75, 3.05) is 6.61 Å². The number of hydrogen-bond donors (Lipinski definition) is 0. The van der Waals surface area contributed by atoms with Gasteiger partial charge in [-0.1, -0.05) is 37.9 Å². The van der Waals surface area contributed by atoms with Gasteiger partial charge in [0.1, 0.15) is 0 Å². The summed E-state index contributed by atoms with van der Waals surface area (Å²) in [6.07, 6.45) is 0.334. The maximum absolute atomic E-state index is 11.4. The maximum atomic E-state index is 11.4. The van der Waals surface area contributed by atoms with Crippen molar-refractivity contribution >= 4 is 37.8 Å². The lowest BCUT2D eigenvalue weighted by Gasteiger charge is -2.09. The van der Waals surface area contributed by atoms with E-state index in [-0.39, 0.29) is 5.97 Å². The van der Waals surface area contributed by atoms with Crippen LogP contribution in [0.2, 0.25) is 0 Å². The molecular formula is C12H14Br2O2. The van der Waals surface area contributed by atoms with Crippen molar-refractivity contribution in [2.24, 2.45) is 0 Å². The zero-order valence-electron chi connectivity index (χ0n) is 9.35. The minimum absolute atomic E-state index is 0.177. The van der Waals surface area contributed by atoms with Crippen LogP contribution in [0.5, 0.6) is 0 Å². The molecule has 0 bridgehead atoms. The van der Waals surface area contributed by atoms with Gasteiger partial charge in [0, 0.05) is 9.80 Å². The van der Waals surface area contributed by atoms with Gasteiger partial charge in [-0.15, -0.1) is 0 Å². The number of esters is 1. The molecule has 88 valence electrons. The molecule has 1 rings (SSSR count). The second-order valence-corrected chi connectivity index (χ2v) is 4.90. The lowest BCUT2D eigenvalue weighted by atomic mass is 10.0. The Morgan fingerprint density at radius 3 is 2.62 bits per heavy atom. The molecule has 4 heteroatoms. The third-order valence-corrected chi connectivity index (χ3v) is 3.63. The number of ether oxygens (including phenoxy) is 1. The summed E-state index contributed by atoms with van der Waals surface area (Å²) in [7, 11) is 0. The smallest absolute Gasteiger partial charge is 0.310 e. The summed E-state index contributed by atoms with van der Waals surface area (Å²) in [5.41, 5.74) is 3.31. The van der Waals surface area contributed by atoms with Crippen molar-refractivity contribution < 1.29 is 9.53 Å². The summed E-state index contributed by atoms with van der Waals surface area (Å²) in [5.74, 6) is -0.177. The van der Waals surface area contributed by atoms with Crippen molar-refractivity contribution in [3.05, 3.63) is 33.3 Å². The van der Waals surface area contributed by atoms with Crippen LogP contribution in [0.25, 0.3) is 0 Å². The first-order chi connectivity index (χ1) is 7.58. The molecule has 1 aromatic rings. The SMILES string of the molecule is CCOC(=O)Cc1cc(Br)c(CBr)cc1C. The number of rotatable bonds is 4. The molecule has 0 aromatic heterocycles. The standard InChI is InChI=1S/C12H14Br2O2/c1-3-16-12(15)6-9-5-11(14)10(7-13)4-8(9)2/h4-5H,3,6-7H2,1-2H3. The van der Waals surface area contributed by atoms with Gasteiger partial charge in [0.05, 0.1) is 13.0 Å². The highest BCUT2D eigenvalue weighted by atomic mass is 79.9. The molecule has 0 amide bonds. The number of halogens is 2. The summed E-state index contributed by atoms with van der Waals surface area (Å²) >= 11 is 6.91. The molecule has 0 aliphatic rings. The zero-order valence-corrected chi connectivity index (χ0v) is 12.5. The zero-order chi connectivity index (χ0) is 12.1. The van der Waals surface area contributed by atoms with Crippen molar-refractivity contribution in [3.63, 3.8) is 0 Å². The van der Waals surface area contributed by atoms with Crippen LogP contribution in [0.4, 0.5) is 0 Å². The Labute approximate surface area is 113 Å². The van der Waals surface area contributed by atoms with Crippen LogP contribution >= 0.6 is 31.9 Å². The molecule has 16 heavy (non-hydrogen) atoms. The van der Waals surface area contributed by atoms with E-state index in [4.69, 9.17) is 4.74 Å². The number of carbonyl (C=O) groups excluding carboxylic acids is 1. The minimum Gasteiger partial charge on any atom is -0.466 e. The number of alkyl halides is 1. The van der Waals surface area contributed by atoms with Gasteiger partial charge in [-0.05, 0) is 36.6 Å². The number of hydrogen-bond acceptors (Lipinski definition) is 2. The highest BCUT2D eigenvalue weighted by Gasteiger charge is 2.09. The van der Waals surface area contributed by atoms with E-state index < -0.39 is 0 Å². The molecule has 1 aromatic carbocycles. The van der Waals surface area contributed by atoms with Crippen LogP contribution in [0.3, 0.4) is 0 Å². The summed E-state index contributed by atoms with van der Waals surface area (Å²) < 4.78 is 5.96. The highest BCUT2D eigenvalue weighted by molar-refractivity contribution is 9.10. The fourth-order valence-electron chi connectivity index (χ4n) is 1.44. The summed E-state index contributed by atoms with van der Waals surface area (Å²) in [6, 6.07) is 4.07. The Morgan fingerprint density at radius 2 is 2.06 bits per heavy atom. The van der Waals surface area contributed by atoms with Gasteiger partial charge in [0.25, 0.3) is 0 Å². The topological polar surface area (TPSA) is 26.3 Å². The third kappa shape index (κ3) is 3.59. The molecule has 0 spiro atoms. The highest BCUT2D eigenvalue weighted by Crippen LogP contribution is 2.24. The quantitative estimate of drug-likeness (QED) is 0.611. The first kappa shape index (κ1) is 13.7. The molecule has 0 radical (unpaired) electrons. The Bertz CT molecular complexity index is 389. The molecule has 0 saturated heterocycles. The van der Waals surface area contributed by atoms with Crippen LogP contribution in [0, 0.1) is 6.92 Å². The number of aryl methyl sites for hydroxylation is 1. The van der Waals surface area contributed by atoms with E-state index >= 15 is 0 Å². The first-order valence-electron chi connectivity index (χ1n) is 5.08. The maximum Gasteiger partial charge on any atom is 0.310 e. The lowest BCUT2D eigenvalue weighted by molar-refractivity contribution is -0.142. The van der Waals surface area contributed by atoms with Crippen LogP contribution in [-0.2, 0) is 21.3 Å². The molecule has 0 N–H and O–H groups in total. The van der Waals surface area contributed by atoms with E-state index in [1.54, 1.807) is 0 Å². The van der Waals surface area contributed by atoms with E-state index in [0.29, 0.717) is 13.0 Å². The Morgan fingerprint density at radius 1 is 1.38 bits per heavy atom.